The molecule has 0 saturated heterocycles. The molecule has 0 heterocycles. The van der Waals surface area contributed by atoms with E-state index in [9.17, 15) is 0 Å². The van der Waals surface area contributed by atoms with Gasteiger partial charge in [0.1, 0.15) is 5.75 Å². The van der Waals surface area contributed by atoms with Crippen molar-refractivity contribution in [2.45, 2.75) is 0 Å². The van der Waals surface area contributed by atoms with Crippen molar-refractivity contribution in [3.8, 4) is 5.75 Å². The summed E-state index contributed by atoms with van der Waals surface area (Å²) in [7, 11) is 5.37. The quantitative estimate of drug-likeness (QED) is 0.764. The second kappa shape index (κ2) is 4.56. The molecule has 2 N–H and O–H groups in total. The molecule has 0 radical (unpaired) electrons. The van der Waals surface area contributed by atoms with E-state index in [0.29, 0.717) is 0 Å². The summed E-state index contributed by atoms with van der Waals surface area (Å²) in [6.07, 6.45) is 0. The van der Waals surface area contributed by atoms with Crippen LogP contribution in [0.15, 0.2) is 24.8 Å². The minimum atomic E-state index is 0.833. The van der Waals surface area contributed by atoms with E-state index >= 15 is 0 Å². The second-order valence-electron chi connectivity index (χ2n) is 2.89. The fourth-order valence-electron chi connectivity index (χ4n) is 1.24. The van der Waals surface area contributed by atoms with Gasteiger partial charge < -0.3 is 15.4 Å². The average Bonchev–Trinajstić information content (AvgIpc) is 2.26. The Hall–Kier alpha value is -1.64. The third kappa shape index (κ3) is 1.99. The molecule has 0 aliphatic rings. The van der Waals surface area contributed by atoms with Crippen LogP contribution < -0.4 is 15.4 Å². The molecule has 0 bridgehead atoms. The van der Waals surface area contributed by atoms with Crippen LogP contribution in [0, 0.1) is 0 Å². The predicted octanol–water partition coefficient (Wildman–Crippen LogP) is 1.93. The summed E-state index contributed by atoms with van der Waals surface area (Å²) in [6.45, 7) is 3.89. The molecule has 0 fully saturated rings. The summed E-state index contributed by atoms with van der Waals surface area (Å²) < 4.78 is 5.19. The van der Waals surface area contributed by atoms with Crippen LogP contribution in [-0.4, -0.2) is 21.2 Å². The van der Waals surface area contributed by atoms with Gasteiger partial charge >= 0.3 is 0 Å². The summed E-state index contributed by atoms with van der Waals surface area (Å²) in [5.74, 6) is 0.833. The van der Waals surface area contributed by atoms with E-state index in [4.69, 9.17) is 4.74 Å². The van der Waals surface area contributed by atoms with Crippen molar-refractivity contribution in [3.63, 3.8) is 0 Å². The lowest BCUT2D eigenvalue weighted by molar-refractivity contribution is 0.416. The lowest BCUT2D eigenvalue weighted by Gasteiger charge is -2.11. The molecule has 0 aliphatic carbocycles. The number of rotatable bonds is 4. The molecule has 0 aliphatic heterocycles. The largest absolute Gasteiger partial charge is 0.495 e. The Morgan fingerprint density at radius 2 is 2.07 bits per heavy atom. The molecule has 0 amide bonds. The monoisotopic (exact) mass is 192 g/mol. The van der Waals surface area contributed by atoms with E-state index in [1.54, 1.807) is 7.11 Å². The number of benzene rings is 1. The molecule has 3 heteroatoms. The van der Waals surface area contributed by atoms with E-state index in [1.165, 1.54) is 0 Å². The van der Waals surface area contributed by atoms with Gasteiger partial charge in [0.05, 0.1) is 12.8 Å². The maximum absolute atomic E-state index is 5.19. The zero-order valence-electron chi connectivity index (χ0n) is 8.85. The molecule has 1 rings (SSSR count). The highest BCUT2D eigenvalue weighted by atomic mass is 16.5. The van der Waals surface area contributed by atoms with Crippen LogP contribution in [-0.2, 0) is 0 Å². The minimum absolute atomic E-state index is 0.833. The Labute approximate surface area is 84.8 Å². The SMILES string of the molecule is C=C(NC)c1ccc(OC)c(NC)c1. The first-order valence-corrected chi connectivity index (χ1v) is 4.45. The molecular weight excluding hydrogens is 176 g/mol. The summed E-state index contributed by atoms with van der Waals surface area (Å²) in [5, 5.41) is 6.08. The van der Waals surface area contributed by atoms with Crippen molar-refractivity contribution in [2.75, 3.05) is 26.5 Å². The van der Waals surface area contributed by atoms with Crippen LogP contribution in [0.2, 0.25) is 0 Å². The standard InChI is InChI=1S/C11H16N2O/c1-8(12-2)9-5-6-11(14-4)10(7-9)13-3/h5-7,12-13H,1H2,2-4H3. The number of hydrogen-bond donors (Lipinski definition) is 2. The van der Waals surface area contributed by atoms with Crippen LogP contribution in [0.5, 0.6) is 5.75 Å². The lowest BCUT2D eigenvalue weighted by Crippen LogP contribution is -2.03. The van der Waals surface area contributed by atoms with E-state index in [2.05, 4.69) is 17.2 Å². The van der Waals surface area contributed by atoms with Gasteiger partial charge in [-0.15, -0.1) is 0 Å². The highest BCUT2D eigenvalue weighted by Crippen LogP contribution is 2.26. The van der Waals surface area contributed by atoms with Crippen molar-refractivity contribution >= 4 is 11.4 Å². The fraction of sp³-hybridized carbons (Fsp3) is 0.273. The molecule has 0 saturated carbocycles. The van der Waals surface area contributed by atoms with E-state index in [1.807, 2.05) is 32.3 Å². The van der Waals surface area contributed by atoms with Crippen molar-refractivity contribution in [3.05, 3.63) is 30.3 Å². The maximum atomic E-state index is 5.19. The topological polar surface area (TPSA) is 33.3 Å². The van der Waals surface area contributed by atoms with E-state index in [-0.39, 0.29) is 0 Å². The summed E-state index contributed by atoms with van der Waals surface area (Å²) in [6, 6.07) is 5.89. The fourth-order valence-corrected chi connectivity index (χ4v) is 1.24. The highest BCUT2D eigenvalue weighted by molar-refractivity contribution is 5.69. The number of ether oxygens (including phenoxy) is 1. The van der Waals surface area contributed by atoms with Gasteiger partial charge in [-0.1, -0.05) is 6.58 Å². The normalized spacial score (nSPS) is 9.36. The third-order valence-electron chi connectivity index (χ3n) is 2.12. The Kier molecular flexibility index (Phi) is 3.40. The van der Waals surface area contributed by atoms with Crippen molar-refractivity contribution in [1.82, 2.24) is 5.32 Å². The molecule has 0 atom stereocenters. The molecule has 0 aromatic heterocycles. The molecule has 0 spiro atoms. The van der Waals surface area contributed by atoms with Crippen molar-refractivity contribution < 1.29 is 4.74 Å². The van der Waals surface area contributed by atoms with Gasteiger partial charge in [-0.3, -0.25) is 0 Å². The van der Waals surface area contributed by atoms with Crippen LogP contribution in [0.25, 0.3) is 5.70 Å². The average molecular weight is 192 g/mol. The first-order valence-electron chi connectivity index (χ1n) is 4.45. The van der Waals surface area contributed by atoms with Gasteiger partial charge in [0.2, 0.25) is 0 Å². The minimum Gasteiger partial charge on any atom is -0.495 e. The van der Waals surface area contributed by atoms with Gasteiger partial charge in [-0.05, 0) is 23.8 Å². The number of anilines is 1. The van der Waals surface area contributed by atoms with Crippen LogP contribution in [0.3, 0.4) is 0 Å². The molecule has 76 valence electrons. The van der Waals surface area contributed by atoms with Crippen LogP contribution >= 0.6 is 0 Å². The Morgan fingerprint density at radius 3 is 2.57 bits per heavy atom. The molecule has 1 aromatic carbocycles. The second-order valence-corrected chi connectivity index (χ2v) is 2.89. The van der Waals surface area contributed by atoms with Gasteiger partial charge in [0, 0.05) is 19.8 Å². The van der Waals surface area contributed by atoms with E-state index in [0.717, 1.165) is 22.7 Å². The summed E-state index contributed by atoms with van der Waals surface area (Å²) >= 11 is 0. The Balaban J connectivity index is 3.07. The third-order valence-corrected chi connectivity index (χ3v) is 2.12. The van der Waals surface area contributed by atoms with Crippen LogP contribution in [0.4, 0.5) is 5.69 Å². The Morgan fingerprint density at radius 1 is 1.36 bits per heavy atom. The smallest absolute Gasteiger partial charge is 0.141 e. The van der Waals surface area contributed by atoms with Gasteiger partial charge in [0.25, 0.3) is 0 Å². The first-order chi connectivity index (χ1) is 6.72. The number of nitrogens with one attached hydrogen (secondary N) is 2. The van der Waals surface area contributed by atoms with Gasteiger partial charge in [-0.25, -0.2) is 0 Å². The first kappa shape index (κ1) is 10.4. The van der Waals surface area contributed by atoms with Gasteiger partial charge in [0.15, 0.2) is 0 Å². The zero-order valence-corrected chi connectivity index (χ0v) is 8.85. The summed E-state index contributed by atoms with van der Waals surface area (Å²) in [5.41, 5.74) is 2.91. The predicted molar refractivity (Wildman–Crippen MR) is 60.6 cm³/mol. The molecule has 14 heavy (non-hydrogen) atoms. The maximum Gasteiger partial charge on any atom is 0.141 e. The van der Waals surface area contributed by atoms with E-state index < -0.39 is 0 Å². The van der Waals surface area contributed by atoms with Gasteiger partial charge in [-0.2, -0.15) is 0 Å². The highest BCUT2D eigenvalue weighted by Gasteiger charge is 2.03. The Bertz CT molecular complexity index is 334. The van der Waals surface area contributed by atoms with Crippen molar-refractivity contribution in [2.24, 2.45) is 0 Å². The lowest BCUT2D eigenvalue weighted by atomic mass is 10.1. The molecule has 3 nitrogen and oxygen atoms in total. The zero-order chi connectivity index (χ0) is 10.6. The van der Waals surface area contributed by atoms with Crippen LogP contribution in [0.1, 0.15) is 5.56 Å². The molecule has 1 aromatic rings. The number of methoxy groups -OCH3 is 1. The molecular formula is C11H16N2O. The number of hydrogen-bond acceptors (Lipinski definition) is 3. The molecule has 0 unspecified atom stereocenters. The summed E-state index contributed by atoms with van der Waals surface area (Å²) in [4.78, 5) is 0. The van der Waals surface area contributed by atoms with Crippen molar-refractivity contribution in [1.29, 1.82) is 0 Å².